The van der Waals surface area contributed by atoms with E-state index < -0.39 is 24.5 Å². The van der Waals surface area contributed by atoms with Crippen LogP contribution in [0.2, 0.25) is 0 Å². The third-order valence-electron chi connectivity index (χ3n) is 5.83. The topological polar surface area (TPSA) is 130 Å². The van der Waals surface area contributed by atoms with Crippen LogP contribution < -0.4 is 29.0 Å². The van der Waals surface area contributed by atoms with Crippen LogP contribution in [0.3, 0.4) is 0 Å². The predicted octanol–water partition coefficient (Wildman–Crippen LogP) is 3.32. The molecular formula is C26H29NO9. The van der Waals surface area contributed by atoms with Gasteiger partial charge in [0, 0.05) is 11.6 Å². The first-order chi connectivity index (χ1) is 17.2. The molecule has 2 aromatic carbocycles. The maximum atomic E-state index is 12.9. The summed E-state index contributed by atoms with van der Waals surface area (Å²) >= 11 is 0. The number of carboxylic acids is 1. The number of ketones is 1. The van der Waals surface area contributed by atoms with E-state index in [2.05, 4.69) is 5.32 Å². The smallest absolute Gasteiger partial charge is 0.326 e. The fraction of sp³-hybridized carbons (Fsp3) is 0.346. The van der Waals surface area contributed by atoms with E-state index in [1.165, 1.54) is 45.6 Å². The zero-order valence-corrected chi connectivity index (χ0v) is 20.7. The van der Waals surface area contributed by atoms with Crippen LogP contribution in [0.1, 0.15) is 36.2 Å². The van der Waals surface area contributed by atoms with Gasteiger partial charge in [-0.1, -0.05) is 20.3 Å². The fourth-order valence-electron chi connectivity index (χ4n) is 3.68. The lowest BCUT2D eigenvalue weighted by molar-refractivity contribution is -0.143. The summed E-state index contributed by atoms with van der Waals surface area (Å²) in [6.45, 7) is 3.20. The first kappa shape index (κ1) is 26.4. The van der Waals surface area contributed by atoms with Gasteiger partial charge in [-0.05, 0) is 36.3 Å². The first-order valence-electron chi connectivity index (χ1n) is 11.3. The zero-order chi connectivity index (χ0) is 26.4. The Labute approximate surface area is 208 Å². The van der Waals surface area contributed by atoms with Gasteiger partial charge in [0.15, 0.2) is 23.9 Å². The molecule has 0 fully saturated rings. The van der Waals surface area contributed by atoms with Crippen molar-refractivity contribution in [3.8, 4) is 28.7 Å². The van der Waals surface area contributed by atoms with Crippen molar-refractivity contribution in [2.75, 3.05) is 27.9 Å². The molecule has 2 N–H and O–H groups in total. The van der Waals surface area contributed by atoms with Crippen molar-refractivity contribution in [2.24, 2.45) is 5.92 Å². The molecule has 1 aliphatic rings. The van der Waals surface area contributed by atoms with Crippen molar-refractivity contribution in [2.45, 2.75) is 26.3 Å². The van der Waals surface area contributed by atoms with E-state index in [4.69, 9.17) is 23.7 Å². The molecular weight excluding hydrogens is 470 g/mol. The van der Waals surface area contributed by atoms with Crippen LogP contribution >= 0.6 is 0 Å². The summed E-state index contributed by atoms with van der Waals surface area (Å²) in [5.74, 6) is -0.373. The normalized spacial score (nSPS) is 14.9. The van der Waals surface area contributed by atoms with Crippen molar-refractivity contribution >= 4 is 23.7 Å². The summed E-state index contributed by atoms with van der Waals surface area (Å²) < 4.78 is 27.4. The van der Waals surface area contributed by atoms with Crippen molar-refractivity contribution in [1.82, 2.24) is 5.32 Å². The highest BCUT2D eigenvalue weighted by Gasteiger charge is 2.29. The lowest BCUT2D eigenvalue weighted by atomic mass is 9.99. The quantitative estimate of drug-likeness (QED) is 0.447. The minimum Gasteiger partial charge on any atom is -0.493 e. The van der Waals surface area contributed by atoms with E-state index in [0.29, 0.717) is 34.8 Å². The number of benzene rings is 2. The zero-order valence-electron chi connectivity index (χ0n) is 20.7. The molecule has 36 heavy (non-hydrogen) atoms. The second-order valence-corrected chi connectivity index (χ2v) is 8.08. The number of hydrogen-bond donors (Lipinski definition) is 2. The maximum absolute atomic E-state index is 12.9. The van der Waals surface area contributed by atoms with E-state index in [-0.39, 0.29) is 29.0 Å². The standard InChI is InChI=1S/C26H29NO9/c1-6-14(2)22(26(30)31)27-21(28)13-35-16-8-9-17-19(12-16)36-20(23(17)29)11-15-7-10-18(32-3)25(34-5)24(15)33-4/h7-12,14,22H,6,13H2,1-5H3,(H,27,28)(H,30,31)/b20-11-/t14?,22-/m0/s1. The van der Waals surface area contributed by atoms with Crippen LogP contribution in [0.25, 0.3) is 6.08 Å². The average molecular weight is 500 g/mol. The van der Waals surface area contributed by atoms with Gasteiger partial charge in [0.1, 0.15) is 17.5 Å². The van der Waals surface area contributed by atoms with Gasteiger partial charge in [-0.2, -0.15) is 0 Å². The highest BCUT2D eigenvalue weighted by atomic mass is 16.5. The Morgan fingerprint density at radius 1 is 1.08 bits per heavy atom. The van der Waals surface area contributed by atoms with Gasteiger partial charge in [-0.3, -0.25) is 9.59 Å². The number of ether oxygens (including phenoxy) is 5. The molecule has 2 aromatic rings. The molecule has 192 valence electrons. The van der Waals surface area contributed by atoms with Crippen LogP contribution in [-0.4, -0.2) is 56.7 Å². The summed E-state index contributed by atoms with van der Waals surface area (Å²) in [5, 5.41) is 11.8. The van der Waals surface area contributed by atoms with Gasteiger partial charge in [0.25, 0.3) is 5.91 Å². The number of hydrogen-bond acceptors (Lipinski definition) is 8. The van der Waals surface area contributed by atoms with Crippen LogP contribution in [0.5, 0.6) is 28.7 Å². The molecule has 0 bridgehead atoms. The number of aliphatic carboxylic acids is 1. The van der Waals surface area contributed by atoms with E-state index in [9.17, 15) is 19.5 Å². The van der Waals surface area contributed by atoms with Crippen LogP contribution in [0.15, 0.2) is 36.1 Å². The number of carbonyl (C=O) groups excluding carboxylic acids is 2. The number of fused-ring (bicyclic) bond motifs is 1. The summed E-state index contributed by atoms with van der Waals surface area (Å²) in [6.07, 6.45) is 2.14. The molecule has 1 heterocycles. The third-order valence-corrected chi connectivity index (χ3v) is 5.83. The Bertz CT molecular complexity index is 1190. The Balaban J connectivity index is 1.74. The molecule has 3 rings (SSSR count). The summed E-state index contributed by atoms with van der Waals surface area (Å²) in [7, 11) is 4.47. The molecule has 0 aliphatic carbocycles. The van der Waals surface area contributed by atoms with Gasteiger partial charge in [-0.25, -0.2) is 4.79 Å². The van der Waals surface area contributed by atoms with Crippen molar-refractivity contribution in [3.63, 3.8) is 0 Å². The molecule has 1 aliphatic heterocycles. The molecule has 0 saturated carbocycles. The second kappa shape index (κ2) is 11.5. The van der Waals surface area contributed by atoms with Crippen LogP contribution in [0.4, 0.5) is 0 Å². The average Bonchev–Trinajstić information content (AvgIpc) is 3.18. The van der Waals surface area contributed by atoms with E-state index in [1.54, 1.807) is 19.1 Å². The van der Waals surface area contributed by atoms with Crippen LogP contribution in [-0.2, 0) is 9.59 Å². The molecule has 1 amide bonds. The summed E-state index contributed by atoms with van der Waals surface area (Å²) in [5.41, 5.74) is 0.883. The Morgan fingerprint density at radius 3 is 2.42 bits per heavy atom. The molecule has 0 radical (unpaired) electrons. The highest BCUT2D eigenvalue weighted by Crippen LogP contribution is 2.42. The molecule has 1 unspecified atom stereocenters. The Kier molecular flexibility index (Phi) is 8.42. The number of carbonyl (C=O) groups is 3. The number of nitrogens with one attached hydrogen (secondary N) is 1. The first-order valence-corrected chi connectivity index (χ1v) is 11.3. The lowest BCUT2D eigenvalue weighted by Gasteiger charge is -2.20. The minimum absolute atomic E-state index is 0.0725. The fourth-order valence-corrected chi connectivity index (χ4v) is 3.68. The molecule has 2 atom stereocenters. The van der Waals surface area contributed by atoms with E-state index in [1.807, 2.05) is 6.92 Å². The van der Waals surface area contributed by atoms with Gasteiger partial charge < -0.3 is 34.1 Å². The third kappa shape index (κ3) is 5.54. The van der Waals surface area contributed by atoms with E-state index >= 15 is 0 Å². The molecule has 0 spiro atoms. The molecule has 10 nitrogen and oxygen atoms in total. The molecule has 10 heteroatoms. The van der Waals surface area contributed by atoms with Crippen molar-refractivity contribution in [3.05, 3.63) is 47.2 Å². The summed E-state index contributed by atoms with van der Waals surface area (Å²) in [6, 6.07) is 6.97. The van der Waals surface area contributed by atoms with Gasteiger partial charge >= 0.3 is 5.97 Å². The van der Waals surface area contributed by atoms with Gasteiger partial charge in [-0.15, -0.1) is 0 Å². The van der Waals surface area contributed by atoms with Gasteiger partial charge in [0.05, 0.1) is 26.9 Å². The largest absolute Gasteiger partial charge is 0.493 e. The second-order valence-electron chi connectivity index (χ2n) is 8.08. The number of carboxylic acid groups (broad SMARTS) is 1. The van der Waals surface area contributed by atoms with Gasteiger partial charge in [0.2, 0.25) is 11.5 Å². The minimum atomic E-state index is -1.10. The van der Waals surface area contributed by atoms with Crippen molar-refractivity contribution in [1.29, 1.82) is 0 Å². The predicted molar refractivity (Wildman–Crippen MR) is 130 cm³/mol. The Morgan fingerprint density at radius 2 is 1.81 bits per heavy atom. The lowest BCUT2D eigenvalue weighted by Crippen LogP contribution is -2.46. The number of amides is 1. The maximum Gasteiger partial charge on any atom is 0.326 e. The summed E-state index contributed by atoms with van der Waals surface area (Å²) in [4.78, 5) is 36.5. The van der Waals surface area contributed by atoms with E-state index in [0.717, 1.165) is 0 Å². The number of Topliss-reactive ketones (excluding diaryl/α,β-unsaturated/α-hetero) is 1. The number of allylic oxidation sites excluding steroid dienone is 1. The Hall–Kier alpha value is -4.21. The number of methoxy groups -OCH3 is 3. The van der Waals surface area contributed by atoms with Crippen molar-refractivity contribution < 1.29 is 43.2 Å². The highest BCUT2D eigenvalue weighted by molar-refractivity contribution is 6.14. The number of rotatable bonds is 11. The molecule has 0 aromatic heterocycles. The monoisotopic (exact) mass is 499 g/mol. The van der Waals surface area contributed by atoms with Crippen LogP contribution in [0, 0.1) is 5.92 Å². The molecule has 0 saturated heterocycles. The SMILES string of the molecule is CCC(C)[C@H](NC(=O)COc1ccc2c(c1)O/C(=C\c1ccc(OC)c(OC)c1OC)C2=O)C(=O)O.